The Labute approximate surface area is 149 Å². The third-order valence-electron chi connectivity index (χ3n) is 4.26. The van der Waals surface area contributed by atoms with E-state index in [4.69, 9.17) is 9.15 Å². The zero-order chi connectivity index (χ0) is 18.3. The molecule has 2 aromatic carbocycles. The molecule has 5 heteroatoms. The molecule has 1 aliphatic rings. The average molecular weight is 346 g/mol. The van der Waals surface area contributed by atoms with Crippen molar-refractivity contribution in [1.82, 2.24) is 0 Å². The van der Waals surface area contributed by atoms with Gasteiger partial charge in [0.15, 0.2) is 5.76 Å². The zero-order valence-corrected chi connectivity index (χ0v) is 13.9. The minimum absolute atomic E-state index is 0.000836. The molecule has 26 heavy (non-hydrogen) atoms. The summed E-state index contributed by atoms with van der Waals surface area (Å²) < 4.78 is 11.2. The fourth-order valence-corrected chi connectivity index (χ4v) is 3.10. The maximum atomic E-state index is 13.0. The number of ether oxygens (including phenoxy) is 1. The van der Waals surface area contributed by atoms with Gasteiger partial charge in [0.1, 0.15) is 5.56 Å². The Balaban J connectivity index is 2.00. The maximum absolute atomic E-state index is 13.0. The molecule has 0 aliphatic heterocycles. The van der Waals surface area contributed by atoms with Crippen molar-refractivity contribution in [3.8, 4) is 17.3 Å². The number of hydrogen-bond donors (Lipinski definition) is 0. The molecule has 0 fully saturated rings. The molecule has 0 atom stereocenters. The first-order valence-corrected chi connectivity index (χ1v) is 8.21. The van der Waals surface area contributed by atoms with Crippen molar-refractivity contribution in [3.63, 3.8) is 0 Å². The van der Waals surface area contributed by atoms with Crippen molar-refractivity contribution in [2.45, 2.75) is 6.92 Å². The summed E-state index contributed by atoms with van der Waals surface area (Å²) in [6.45, 7) is 2.00. The molecule has 4 rings (SSSR count). The highest BCUT2D eigenvalue weighted by Gasteiger charge is 2.40. The first-order chi connectivity index (χ1) is 12.6. The van der Waals surface area contributed by atoms with E-state index in [1.54, 1.807) is 61.5 Å². The van der Waals surface area contributed by atoms with Crippen molar-refractivity contribution in [3.05, 3.63) is 76.9 Å². The monoisotopic (exact) mass is 346 g/mol. The van der Waals surface area contributed by atoms with Gasteiger partial charge in [0.2, 0.25) is 17.3 Å². The van der Waals surface area contributed by atoms with Crippen LogP contribution in [0.2, 0.25) is 0 Å². The lowest BCUT2D eigenvalue weighted by atomic mass is 9.85. The predicted molar refractivity (Wildman–Crippen MR) is 93.8 cm³/mol. The van der Waals surface area contributed by atoms with Gasteiger partial charge in [-0.1, -0.05) is 54.6 Å². The van der Waals surface area contributed by atoms with E-state index in [1.807, 2.05) is 0 Å². The Hall–Kier alpha value is -3.47. The molecule has 0 saturated carbocycles. The van der Waals surface area contributed by atoms with Crippen LogP contribution < -0.4 is 4.74 Å². The van der Waals surface area contributed by atoms with Crippen LogP contribution in [0, 0.1) is 0 Å². The van der Waals surface area contributed by atoms with Crippen LogP contribution in [-0.4, -0.2) is 24.0 Å². The Morgan fingerprint density at radius 2 is 1.58 bits per heavy atom. The Kier molecular flexibility index (Phi) is 3.77. The van der Waals surface area contributed by atoms with Crippen molar-refractivity contribution >= 4 is 17.3 Å². The molecule has 1 heterocycles. The molecule has 128 valence electrons. The van der Waals surface area contributed by atoms with E-state index in [-0.39, 0.29) is 35.0 Å². The second-order valence-corrected chi connectivity index (χ2v) is 5.80. The van der Waals surface area contributed by atoms with Gasteiger partial charge in [0.05, 0.1) is 12.2 Å². The highest BCUT2D eigenvalue weighted by Crippen LogP contribution is 2.42. The minimum atomic E-state index is -0.757. The normalized spacial score (nSPS) is 12.5. The van der Waals surface area contributed by atoms with Gasteiger partial charge in [0, 0.05) is 16.7 Å². The Bertz CT molecular complexity index is 1040. The molecule has 0 N–H and O–H groups in total. The van der Waals surface area contributed by atoms with Crippen LogP contribution in [0.5, 0.6) is 5.95 Å². The summed E-state index contributed by atoms with van der Waals surface area (Å²) in [6.07, 6.45) is 0. The van der Waals surface area contributed by atoms with Gasteiger partial charge in [-0.3, -0.25) is 14.4 Å². The molecule has 0 spiro atoms. The summed E-state index contributed by atoms with van der Waals surface area (Å²) in [6, 6.07) is 15.2. The highest BCUT2D eigenvalue weighted by atomic mass is 16.6. The second kappa shape index (κ2) is 6.11. The fourth-order valence-electron chi connectivity index (χ4n) is 3.10. The molecule has 3 aromatic rings. The van der Waals surface area contributed by atoms with E-state index in [0.717, 1.165) is 0 Å². The summed E-state index contributed by atoms with van der Waals surface area (Å²) in [4.78, 5) is 38.3. The minimum Gasteiger partial charge on any atom is -0.465 e. The van der Waals surface area contributed by atoms with Gasteiger partial charge in [-0.05, 0) is 6.92 Å². The maximum Gasteiger partial charge on any atom is 0.297 e. The van der Waals surface area contributed by atoms with Crippen LogP contribution in [0.3, 0.4) is 0 Å². The Morgan fingerprint density at radius 3 is 2.27 bits per heavy atom. The van der Waals surface area contributed by atoms with E-state index in [0.29, 0.717) is 11.1 Å². The molecular formula is C21H14O5. The summed E-state index contributed by atoms with van der Waals surface area (Å²) in [5, 5.41) is 0. The number of rotatable bonds is 4. The van der Waals surface area contributed by atoms with Gasteiger partial charge in [0.25, 0.3) is 5.95 Å². The van der Waals surface area contributed by atoms with E-state index in [2.05, 4.69) is 0 Å². The van der Waals surface area contributed by atoms with Gasteiger partial charge in [-0.15, -0.1) is 0 Å². The summed E-state index contributed by atoms with van der Waals surface area (Å²) >= 11 is 0. The number of benzene rings is 2. The summed E-state index contributed by atoms with van der Waals surface area (Å²) in [5.41, 5.74) is 1.11. The van der Waals surface area contributed by atoms with Gasteiger partial charge < -0.3 is 9.15 Å². The number of fused-ring (bicyclic) bond motifs is 3. The summed E-state index contributed by atoms with van der Waals surface area (Å²) in [7, 11) is 0. The van der Waals surface area contributed by atoms with E-state index < -0.39 is 17.3 Å². The molecule has 0 amide bonds. The van der Waals surface area contributed by atoms with Gasteiger partial charge in [-0.25, -0.2) is 0 Å². The first-order valence-electron chi connectivity index (χ1n) is 8.21. The number of ketones is 3. The van der Waals surface area contributed by atoms with Gasteiger partial charge >= 0.3 is 0 Å². The third kappa shape index (κ3) is 2.29. The lowest BCUT2D eigenvalue weighted by molar-refractivity contribution is 0.0813. The lowest BCUT2D eigenvalue weighted by Gasteiger charge is -2.13. The molecule has 1 aromatic heterocycles. The SMILES string of the molecule is CCOc1oc2c(c1C(=O)c1ccccc1)C(=O)C(=O)c1ccccc1-2. The molecule has 1 aliphatic carbocycles. The van der Waals surface area contributed by atoms with Crippen molar-refractivity contribution in [2.24, 2.45) is 0 Å². The van der Waals surface area contributed by atoms with Crippen molar-refractivity contribution in [2.75, 3.05) is 6.61 Å². The van der Waals surface area contributed by atoms with E-state index >= 15 is 0 Å². The quantitative estimate of drug-likeness (QED) is 0.528. The predicted octanol–water partition coefficient (Wildman–Crippen LogP) is 3.96. The van der Waals surface area contributed by atoms with Crippen LogP contribution >= 0.6 is 0 Å². The lowest BCUT2D eigenvalue weighted by Crippen LogP contribution is -2.22. The van der Waals surface area contributed by atoms with Crippen LogP contribution in [0.25, 0.3) is 11.3 Å². The standard InChI is InChI=1S/C21H14O5/c1-2-25-21-16(17(22)12-8-4-3-5-9-12)15-19(24)18(23)13-10-6-7-11-14(13)20(15)26-21/h3-11H,2H2,1H3. The molecule has 5 nitrogen and oxygen atoms in total. The smallest absolute Gasteiger partial charge is 0.297 e. The molecule has 0 radical (unpaired) electrons. The first kappa shape index (κ1) is 16.0. The van der Waals surface area contributed by atoms with Gasteiger partial charge in [-0.2, -0.15) is 0 Å². The highest BCUT2D eigenvalue weighted by molar-refractivity contribution is 6.54. The zero-order valence-electron chi connectivity index (χ0n) is 13.9. The molecular weight excluding hydrogens is 332 g/mol. The van der Waals surface area contributed by atoms with Crippen LogP contribution in [0.1, 0.15) is 43.6 Å². The van der Waals surface area contributed by atoms with E-state index in [9.17, 15) is 14.4 Å². The summed E-state index contributed by atoms with van der Waals surface area (Å²) in [5.74, 6) is -1.66. The topological polar surface area (TPSA) is 73.6 Å². The van der Waals surface area contributed by atoms with E-state index in [1.165, 1.54) is 0 Å². The number of hydrogen-bond acceptors (Lipinski definition) is 5. The average Bonchev–Trinajstić information content (AvgIpc) is 3.06. The molecule has 0 saturated heterocycles. The van der Waals surface area contributed by atoms with Crippen LogP contribution in [0.4, 0.5) is 0 Å². The number of furan rings is 1. The number of carbonyl (C=O) groups is 3. The largest absolute Gasteiger partial charge is 0.465 e. The van der Waals surface area contributed by atoms with Crippen LogP contribution in [0.15, 0.2) is 59.0 Å². The second-order valence-electron chi connectivity index (χ2n) is 5.80. The Morgan fingerprint density at radius 1 is 0.923 bits per heavy atom. The van der Waals surface area contributed by atoms with Crippen LogP contribution in [-0.2, 0) is 0 Å². The van der Waals surface area contributed by atoms with Crippen molar-refractivity contribution < 1.29 is 23.5 Å². The molecule has 0 unspecified atom stereocenters. The number of Topliss-reactive ketones (excluding diaryl/α,β-unsaturated/α-hetero) is 2. The third-order valence-corrected chi connectivity index (χ3v) is 4.26. The fraction of sp³-hybridized carbons (Fsp3) is 0.0952. The molecule has 0 bridgehead atoms. The number of carbonyl (C=O) groups excluding carboxylic acids is 3. The van der Waals surface area contributed by atoms with Crippen molar-refractivity contribution in [1.29, 1.82) is 0 Å².